The lowest BCUT2D eigenvalue weighted by atomic mass is 10.1. The number of pyridine rings is 1. The van der Waals surface area contributed by atoms with Gasteiger partial charge in [0.15, 0.2) is 0 Å². The summed E-state index contributed by atoms with van der Waals surface area (Å²) in [4.78, 5) is 21.7. The number of hydrogen-bond donors (Lipinski definition) is 0. The van der Waals surface area contributed by atoms with Gasteiger partial charge in [0.1, 0.15) is 17.5 Å². The highest BCUT2D eigenvalue weighted by Crippen LogP contribution is 2.32. The Bertz CT molecular complexity index is 1180. The second kappa shape index (κ2) is 9.57. The Kier molecular flexibility index (Phi) is 6.49. The predicted molar refractivity (Wildman–Crippen MR) is 132 cm³/mol. The average Bonchev–Trinajstić information content (AvgIpc) is 3.23. The number of amides is 1. The van der Waals surface area contributed by atoms with Crippen molar-refractivity contribution >= 4 is 16.8 Å². The van der Waals surface area contributed by atoms with E-state index in [0.29, 0.717) is 11.7 Å². The highest BCUT2D eigenvalue weighted by Gasteiger charge is 2.36. The third kappa shape index (κ3) is 5.03. The van der Waals surface area contributed by atoms with Gasteiger partial charge < -0.3 is 19.1 Å². The van der Waals surface area contributed by atoms with Crippen LogP contribution in [0.1, 0.15) is 50.0 Å². The van der Waals surface area contributed by atoms with Gasteiger partial charge in [0.2, 0.25) is 0 Å². The first kappa shape index (κ1) is 23.7. The van der Waals surface area contributed by atoms with Crippen molar-refractivity contribution in [3.8, 4) is 11.4 Å². The number of alkyl halides is 2. The Morgan fingerprint density at radius 2 is 1.83 bits per heavy atom. The molecule has 0 spiro atoms. The van der Waals surface area contributed by atoms with Gasteiger partial charge in [-0.2, -0.15) is 0 Å². The lowest BCUT2D eigenvalue weighted by Crippen LogP contribution is -2.43. The van der Waals surface area contributed by atoms with E-state index in [1.54, 1.807) is 12.4 Å². The van der Waals surface area contributed by atoms with Gasteiger partial charge in [0, 0.05) is 56.6 Å². The third-order valence-electron chi connectivity index (χ3n) is 7.19. The van der Waals surface area contributed by atoms with Gasteiger partial charge in [-0.05, 0) is 63.1 Å². The fourth-order valence-electron chi connectivity index (χ4n) is 5.09. The molecule has 4 heterocycles. The normalized spacial score (nSPS) is 19.4. The maximum atomic E-state index is 13.7. The molecule has 186 valence electrons. The Morgan fingerprint density at radius 3 is 2.49 bits per heavy atom. The summed E-state index contributed by atoms with van der Waals surface area (Å²) >= 11 is 0. The molecule has 2 fully saturated rings. The zero-order valence-corrected chi connectivity index (χ0v) is 20.3. The number of ether oxygens (including phenoxy) is 1. The summed E-state index contributed by atoms with van der Waals surface area (Å²) < 4.78 is 35.6. The molecule has 0 bridgehead atoms. The monoisotopic (exact) mass is 482 g/mol. The van der Waals surface area contributed by atoms with Crippen LogP contribution in [-0.2, 0) is 0 Å². The molecule has 8 heteroatoms. The Labute approximate surface area is 204 Å². The van der Waals surface area contributed by atoms with Crippen molar-refractivity contribution < 1.29 is 18.3 Å². The summed E-state index contributed by atoms with van der Waals surface area (Å²) in [5.41, 5.74) is 2.05. The largest absolute Gasteiger partial charge is 0.490 e. The molecule has 6 nitrogen and oxygen atoms in total. The molecule has 0 unspecified atom stereocenters. The van der Waals surface area contributed by atoms with Crippen LogP contribution in [0.5, 0.6) is 5.75 Å². The lowest BCUT2D eigenvalue weighted by Gasteiger charge is -2.34. The molecule has 3 aromatic rings. The molecular weight excluding hydrogens is 450 g/mol. The third-order valence-corrected chi connectivity index (χ3v) is 7.19. The zero-order chi connectivity index (χ0) is 24.6. The van der Waals surface area contributed by atoms with Gasteiger partial charge in [0.25, 0.3) is 11.8 Å². The molecule has 5 rings (SSSR count). The number of likely N-dealkylation sites (tertiary alicyclic amines) is 2. The van der Waals surface area contributed by atoms with Crippen molar-refractivity contribution in [1.29, 1.82) is 0 Å². The number of piperidine rings is 2. The molecule has 2 aromatic heterocycles. The number of carbonyl (C=O) groups excluding carboxylic acids is 1. The molecule has 0 radical (unpaired) electrons. The van der Waals surface area contributed by atoms with Gasteiger partial charge in [0.05, 0.1) is 17.4 Å². The van der Waals surface area contributed by atoms with Crippen LogP contribution >= 0.6 is 0 Å². The number of carbonyl (C=O) groups is 1. The van der Waals surface area contributed by atoms with Crippen LogP contribution in [-0.4, -0.2) is 69.5 Å². The summed E-state index contributed by atoms with van der Waals surface area (Å²) in [5, 5.41) is 0.872. The molecule has 2 aliphatic rings. The zero-order valence-electron chi connectivity index (χ0n) is 20.3. The minimum Gasteiger partial charge on any atom is -0.490 e. The highest BCUT2D eigenvalue weighted by atomic mass is 19.3. The van der Waals surface area contributed by atoms with Gasteiger partial charge in [-0.15, -0.1) is 0 Å². The molecule has 2 aliphatic heterocycles. The highest BCUT2D eigenvalue weighted by molar-refractivity contribution is 6.00. The number of fused-ring (bicyclic) bond motifs is 1. The summed E-state index contributed by atoms with van der Waals surface area (Å²) in [6.07, 6.45) is 4.90. The van der Waals surface area contributed by atoms with Crippen molar-refractivity contribution in [2.24, 2.45) is 0 Å². The van der Waals surface area contributed by atoms with Crippen LogP contribution in [0.15, 0.2) is 48.8 Å². The van der Waals surface area contributed by atoms with Gasteiger partial charge >= 0.3 is 0 Å². The fraction of sp³-hybridized carbons (Fsp3) is 0.481. The number of rotatable bonds is 5. The smallest absolute Gasteiger partial charge is 0.270 e. The first-order valence-electron chi connectivity index (χ1n) is 12.4. The Hall–Kier alpha value is -3.00. The molecule has 0 atom stereocenters. The summed E-state index contributed by atoms with van der Waals surface area (Å²) in [6.45, 7) is 6.57. The quantitative estimate of drug-likeness (QED) is 0.505. The number of aromatic nitrogens is 2. The maximum Gasteiger partial charge on any atom is 0.270 e. The van der Waals surface area contributed by atoms with E-state index in [9.17, 15) is 13.6 Å². The Morgan fingerprint density at radius 1 is 1.09 bits per heavy atom. The Balaban J connectivity index is 1.43. The second-order valence-corrected chi connectivity index (χ2v) is 9.89. The number of nitrogens with zero attached hydrogens (tertiary/aromatic N) is 4. The molecule has 0 aliphatic carbocycles. The number of benzene rings is 1. The van der Waals surface area contributed by atoms with E-state index in [4.69, 9.17) is 4.74 Å². The number of halogens is 2. The SMILES string of the molecule is CC(C)N1CCC(Oc2ccc3c(c2)cc(C(=O)N2CCC(F)(F)CC2)n3-c2cccnc2)CC1. The van der Waals surface area contributed by atoms with E-state index in [2.05, 4.69) is 23.7 Å². The van der Waals surface area contributed by atoms with Crippen molar-refractivity contribution in [1.82, 2.24) is 19.4 Å². The summed E-state index contributed by atoms with van der Waals surface area (Å²) in [6, 6.07) is 12.0. The molecule has 0 N–H and O–H groups in total. The number of hydrogen-bond acceptors (Lipinski definition) is 4. The molecule has 1 aromatic carbocycles. The first-order valence-corrected chi connectivity index (χ1v) is 12.4. The topological polar surface area (TPSA) is 50.6 Å². The van der Waals surface area contributed by atoms with Crippen LogP contribution < -0.4 is 4.74 Å². The van der Waals surface area contributed by atoms with E-state index in [1.807, 2.05) is 41.0 Å². The second-order valence-electron chi connectivity index (χ2n) is 9.89. The fourth-order valence-corrected chi connectivity index (χ4v) is 5.09. The van der Waals surface area contributed by atoms with Crippen LogP contribution in [0.4, 0.5) is 8.78 Å². The lowest BCUT2D eigenvalue weighted by molar-refractivity contribution is -0.0495. The molecule has 0 saturated carbocycles. The standard InChI is InChI=1S/C27H32F2N4O2/c1-19(2)31-12-7-22(8-13-31)35-23-5-6-24-20(16-23)17-25(33(24)21-4-3-11-30-18-21)26(34)32-14-9-27(28,29)10-15-32/h3-6,11,16-19,22H,7-10,12-15H2,1-2H3. The first-order chi connectivity index (χ1) is 16.8. The van der Waals surface area contributed by atoms with E-state index in [1.165, 1.54) is 4.90 Å². The average molecular weight is 483 g/mol. The van der Waals surface area contributed by atoms with Gasteiger partial charge in [-0.1, -0.05) is 0 Å². The van der Waals surface area contributed by atoms with E-state index < -0.39 is 5.92 Å². The van der Waals surface area contributed by atoms with Gasteiger partial charge in [-0.25, -0.2) is 8.78 Å². The van der Waals surface area contributed by atoms with Crippen molar-refractivity contribution in [2.45, 2.75) is 57.6 Å². The van der Waals surface area contributed by atoms with E-state index in [0.717, 1.165) is 48.3 Å². The van der Waals surface area contributed by atoms with Crippen molar-refractivity contribution in [3.05, 3.63) is 54.5 Å². The molecular formula is C27H32F2N4O2. The summed E-state index contributed by atoms with van der Waals surface area (Å²) in [5.74, 6) is -2.17. The maximum absolute atomic E-state index is 13.7. The minimum atomic E-state index is -2.70. The van der Waals surface area contributed by atoms with E-state index in [-0.39, 0.29) is 37.9 Å². The molecule has 2 saturated heterocycles. The van der Waals surface area contributed by atoms with Crippen molar-refractivity contribution in [3.63, 3.8) is 0 Å². The van der Waals surface area contributed by atoms with Crippen LogP contribution in [0, 0.1) is 0 Å². The van der Waals surface area contributed by atoms with Crippen LogP contribution in [0.2, 0.25) is 0 Å². The summed E-state index contributed by atoms with van der Waals surface area (Å²) in [7, 11) is 0. The van der Waals surface area contributed by atoms with Crippen LogP contribution in [0.25, 0.3) is 16.6 Å². The molecule has 35 heavy (non-hydrogen) atoms. The van der Waals surface area contributed by atoms with Crippen LogP contribution in [0.3, 0.4) is 0 Å². The minimum absolute atomic E-state index is 0.0455. The van der Waals surface area contributed by atoms with Crippen molar-refractivity contribution in [2.75, 3.05) is 26.2 Å². The predicted octanol–water partition coefficient (Wildman–Crippen LogP) is 5.15. The molecule has 1 amide bonds. The van der Waals surface area contributed by atoms with Gasteiger partial charge in [-0.3, -0.25) is 9.78 Å². The van der Waals surface area contributed by atoms with E-state index >= 15 is 0 Å².